The largest absolute Gasteiger partial charge is 0.483 e. The molecule has 1 N–H and O–H groups in total. The molecule has 148 valence electrons. The molecular formula is C19H23N5O2S2. The number of carbonyl (C=O) groups excluding carboxylic acids is 1. The summed E-state index contributed by atoms with van der Waals surface area (Å²) in [6, 6.07) is 9.58. The average Bonchev–Trinajstić information content (AvgIpc) is 3.17. The maximum Gasteiger partial charge on any atom is 0.239 e. The highest BCUT2D eigenvalue weighted by Crippen LogP contribution is 2.27. The number of thiazole rings is 1. The number of aromatic nitrogens is 4. The monoisotopic (exact) mass is 417 g/mol. The molecule has 0 aliphatic rings. The van der Waals surface area contributed by atoms with Gasteiger partial charge in [-0.3, -0.25) is 4.79 Å². The second-order valence-corrected chi connectivity index (χ2v) is 8.89. The zero-order valence-electron chi connectivity index (χ0n) is 16.5. The van der Waals surface area contributed by atoms with E-state index >= 15 is 0 Å². The summed E-state index contributed by atoms with van der Waals surface area (Å²) in [5.74, 6) is 1.36. The van der Waals surface area contributed by atoms with Crippen molar-refractivity contribution < 1.29 is 9.53 Å². The van der Waals surface area contributed by atoms with Crippen LogP contribution in [0.5, 0.6) is 5.75 Å². The van der Waals surface area contributed by atoms with Gasteiger partial charge in [0.1, 0.15) is 5.75 Å². The third-order valence-electron chi connectivity index (χ3n) is 4.20. The molecule has 0 saturated heterocycles. The molecule has 2 aromatic heterocycles. The summed E-state index contributed by atoms with van der Waals surface area (Å²) in [7, 11) is 1.88. The fourth-order valence-electron chi connectivity index (χ4n) is 2.48. The van der Waals surface area contributed by atoms with E-state index in [2.05, 4.69) is 20.5 Å². The van der Waals surface area contributed by atoms with E-state index in [0.717, 1.165) is 16.3 Å². The van der Waals surface area contributed by atoms with Gasteiger partial charge in [-0.05, 0) is 39.8 Å². The van der Waals surface area contributed by atoms with Gasteiger partial charge >= 0.3 is 0 Å². The summed E-state index contributed by atoms with van der Waals surface area (Å²) < 4.78 is 7.78. The van der Waals surface area contributed by atoms with Crippen molar-refractivity contribution in [2.45, 2.75) is 44.2 Å². The van der Waals surface area contributed by atoms with Crippen LogP contribution >= 0.6 is 23.1 Å². The van der Waals surface area contributed by atoms with E-state index in [0.29, 0.717) is 16.1 Å². The molecule has 0 fully saturated rings. The molecule has 3 aromatic rings. The van der Waals surface area contributed by atoms with Crippen molar-refractivity contribution in [3.63, 3.8) is 0 Å². The van der Waals surface area contributed by atoms with Crippen molar-refractivity contribution in [2.24, 2.45) is 7.05 Å². The van der Waals surface area contributed by atoms with Crippen LogP contribution in [-0.2, 0) is 11.8 Å². The van der Waals surface area contributed by atoms with Gasteiger partial charge in [0.2, 0.25) is 5.91 Å². The molecule has 0 bridgehead atoms. The highest BCUT2D eigenvalue weighted by Gasteiger charge is 2.22. The first kappa shape index (κ1) is 20.3. The van der Waals surface area contributed by atoms with Crippen LogP contribution in [0.2, 0.25) is 0 Å². The van der Waals surface area contributed by atoms with E-state index < -0.39 is 0 Å². The van der Waals surface area contributed by atoms with Crippen LogP contribution in [0, 0.1) is 13.8 Å². The number of hydrogen-bond acceptors (Lipinski definition) is 7. The highest BCUT2D eigenvalue weighted by molar-refractivity contribution is 8.00. The van der Waals surface area contributed by atoms with E-state index in [1.54, 1.807) is 0 Å². The molecule has 1 amide bonds. The number of nitrogens with zero attached hydrogens (tertiary/aromatic N) is 4. The smallest absolute Gasteiger partial charge is 0.239 e. The van der Waals surface area contributed by atoms with E-state index in [-0.39, 0.29) is 17.3 Å². The lowest BCUT2D eigenvalue weighted by Crippen LogP contribution is -2.22. The Bertz CT molecular complexity index is 935. The minimum atomic E-state index is -0.342. The molecule has 0 radical (unpaired) electrons. The second kappa shape index (κ2) is 8.74. The van der Waals surface area contributed by atoms with Crippen LogP contribution in [0.1, 0.15) is 36.3 Å². The van der Waals surface area contributed by atoms with Gasteiger partial charge in [0, 0.05) is 11.9 Å². The quantitative estimate of drug-likeness (QED) is 0.582. The first-order valence-corrected chi connectivity index (χ1v) is 10.6. The second-order valence-electron chi connectivity index (χ2n) is 6.38. The third kappa shape index (κ3) is 4.71. The van der Waals surface area contributed by atoms with Gasteiger partial charge in [-0.1, -0.05) is 30.0 Å². The van der Waals surface area contributed by atoms with Gasteiger partial charge in [-0.2, -0.15) is 0 Å². The van der Waals surface area contributed by atoms with Crippen LogP contribution in [-0.4, -0.2) is 30.9 Å². The lowest BCUT2D eigenvalue weighted by molar-refractivity contribution is -0.115. The number of carbonyl (C=O) groups is 1. The Balaban J connectivity index is 1.63. The lowest BCUT2D eigenvalue weighted by Gasteiger charge is -2.14. The van der Waals surface area contributed by atoms with Crippen molar-refractivity contribution in [1.29, 1.82) is 0 Å². The Morgan fingerprint density at radius 2 is 1.93 bits per heavy atom. The van der Waals surface area contributed by atoms with Crippen molar-refractivity contribution in [2.75, 3.05) is 5.32 Å². The average molecular weight is 418 g/mol. The van der Waals surface area contributed by atoms with E-state index in [1.807, 2.05) is 69.6 Å². The molecule has 2 heterocycles. The van der Waals surface area contributed by atoms with Crippen LogP contribution in [0.4, 0.5) is 5.13 Å². The van der Waals surface area contributed by atoms with Crippen LogP contribution in [0.15, 0.2) is 35.5 Å². The van der Waals surface area contributed by atoms with E-state index in [9.17, 15) is 4.79 Å². The Morgan fingerprint density at radius 1 is 1.21 bits per heavy atom. The Morgan fingerprint density at radius 3 is 2.57 bits per heavy atom. The van der Waals surface area contributed by atoms with Gasteiger partial charge < -0.3 is 14.6 Å². The number of amides is 1. The predicted octanol–water partition coefficient (Wildman–Crippen LogP) is 4.15. The molecule has 28 heavy (non-hydrogen) atoms. The number of para-hydroxylation sites is 1. The fourth-order valence-corrected chi connectivity index (χ4v) is 4.12. The molecule has 9 heteroatoms. The van der Waals surface area contributed by atoms with Crippen molar-refractivity contribution >= 4 is 34.1 Å². The number of rotatable bonds is 7. The van der Waals surface area contributed by atoms with Crippen molar-refractivity contribution in [3.05, 3.63) is 46.7 Å². The number of nitrogens with one attached hydrogen (secondary N) is 1. The fraction of sp³-hybridized carbons (Fsp3) is 0.368. The molecule has 7 nitrogen and oxygen atoms in total. The molecule has 3 rings (SSSR count). The lowest BCUT2D eigenvalue weighted by atomic mass is 10.3. The molecular weight excluding hydrogens is 394 g/mol. The Labute approximate surface area is 172 Å². The molecule has 0 aliphatic heterocycles. The number of ether oxygens (including phenoxy) is 1. The van der Waals surface area contributed by atoms with Crippen LogP contribution < -0.4 is 10.1 Å². The van der Waals surface area contributed by atoms with Crippen LogP contribution in [0.3, 0.4) is 0 Å². The maximum atomic E-state index is 12.5. The first-order chi connectivity index (χ1) is 13.3. The summed E-state index contributed by atoms with van der Waals surface area (Å²) in [5.41, 5.74) is 0.936. The van der Waals surface area contributed by atoms with Crippen molar-refractivity contribution in [1.82, 2.24) is 19.7 Å². The molecule has 0 spiro atoms. The summed E-state index contributed by atoms with van der Waals surface area (Å²) in [6.07, 6.45) is -0.264. The first-order valence-electron chi connectivity index (χ1n) is 8.87. The Hall–Kier alpha value is -2.39. The number of aryl methyl sites for hydroxylation is 2. The zero-order chi connectivity index (χ0) is 20.3. The highest BCUT2D eigenvalue weighted by atomic mass is 32.2. The molecule has 0 aliphatic carbocycles. The third-order valence-corrected chi connectivity index (χ3v) is 6.32. The number of benzene rings is 1. The van der Waals surface area contributed by atoms with E-state index in [1.165, 1.54) is 23.1 Å². The number of thioether (sulfide) groups is 1. The molecule has 0 unspecified atom stereocenters. The minimum absolute atomic E-state index is 0.114. The minimum Gasteiger partial charge on any atom is -0.483 e. The van der Waals surface area contributed by atoms with E-state index in [4.69, 9.17) is 4.74 Å². The number of anilines is 1. The van der Waals surface area contributed by atoms with Crippen LogP contribution in [0.25, 0.3) is 0 Å². The zero-order valence-corrected chi connectivity index (χ0v) is 18.1. The predicted molar refractivity (Wildman–Crippen MR) is 112 cm³/mol. The van der Waals surface area contributed by atoms with Gasteiger partial charge in [0.15, 0.2) is 22.2 Å². The summed E-state index contributed by atoms with van der Waals surface area (Å²) >= 11 is 2.83. The van der Waals surface area contributed by atoms with Crippen molar-refractivity contribution in [3.8, 4) is 5.75 Å². The topological polar surface area (TPSA) is 81.9 Å². The summed E-state index contributed by atoms with van der Waals surface area (Å²) in [5, 5.41) is 12.3. The normalized spacial score (nSPS) is 13.2. The van der Waals surface area contributed by atoms with Gasteiger partial charge in [0.05, 0.1) is 10.9 Å². The summed E-state index contributed by atoms with van der Waals surface area (Å²) in [4.78, 5) is 17.9. The number of hydrogen-bond donors (Lipinski definition) is 1. The SMILES string of the molecule is Cc1nc(NC(=O)[C@@H](C)Sc2nnc([C@@H](C)Oc3ccccc3)n2C)sc1C. The molecule has 2 atom stereocenters. The molecule has 0 saturated carbocycles. The van der Waals surface area contributed by atoms with Gasteiger partial charge in [0.25, 0.3) is 0 Å². The Kier molecular flexibility index (Phi) is 6.35. The van der Waals surface area contributed by atoms with Gasteiger partial charge in [-0.25, -0.2) is 4.98 Å². The van der Waals surface area contributed by atoms with Gasteiger partial charge in [-0.15, -0.1) is 21.5 Å². The standard InChI is InChI=1S/C19H23N5O2S2/c1-11-13(3)27-18(20-11)21-17(25)14(4)28-19-23-22-16(24(19)5)12(2)26-15-9-7-6-8-10-15/h6-10,12,14H,1-5H3,(H,20,21,25)/t12-,14-/m1/s1. The maximum absolute atomic E-state index is 12.5. The molecule has 1 aromatic carbocycles. The summed E-state index contributed by atoms with van der Waals surface area (Å²) in [6.45, 7) is 7.68.